The van der Waals surface area contributed by atoms with Gasteiger partial charge in [0.2, 0.25) is 0 Å². The van der Waals surface area contributed by atoms with E-state index in [0.717, 1.165) is 5.41 Å². The van der Waals surface area contributed by atoms with Crippen molar-refractivity contribution in [2.45, 2.75) is 45.4 Å². The van der Waals surface area contributed by atoms with Crippen molar-refractivity contribution in [1.29, 1.82) is 0 Å². The topological polar surface area (TPSA) is 0 Å². The monoisotopic (exact) mass is 226 g/mol. The van der Waals surface area contributed by atoms with Crippen molar-refractivity contribution in [3.8, 4) is 0 Å². The van der Waals surface area contributed by atoms with Crippen LogP contribution >= 0.6 is 0 Å². The largest absolute Gasteiger partial charge is 2.00 e. The third-order valence-electron chi connectivity index (χ3n) is 3.19. The van der Waals surface area contributed by atoms with Gasteiger partial charge >= 0.3 is 23.1 Å². The standard InChI is InChI=1S/C9H15.BrH.Mg/c1-8-7-9(8)5-3-2-4-6-9;;/h2-7H2,1H3;1H;/q-1;;+2/p-1. The SMILES string of the molecule is C[C-]1CC12CCCCC2.[Br-].[Mg+2]. The average molecular weight is 227 g/mol. The van der Waals surface area contributed by atoms with Gasteiger partial charge in [0.1, 0.15) is 0 Å². The van der Waals surface area contributed by atoms with E-state index in [1.54, 1.807) is 5.92 Å². The Morgan fingerprint density at radius 1 is 1.09 bits per heavy atom. The van der Waals surface area contributed by atoms with Crippen LogP contribution in [-0.2, 0) is 0 Å². The average Bonchev–Trinajstić information content (AvgIpc) is 2.44. The molecule has 2 saturated carbocycles. The summed E-state index contributed by atoms with van der Waals surface area (Å²) in [7, 11) is 0. The predicted octanol–water partition coefficient (Wildman–Crippen LogP) is -0.442. The maximum Gasteiger partial charge on any atom is 2.00 e. The van der Waals surface area contributed by atoms with Gasteiger partial charge in [-0.3, -0.25) is 0 Å². The molecule has 2 aliphatic rings. The predicted molar refractivity (Wildman–Crippen MR) is 44.8 cm³/mol. The molecule has 0 aliphatic heterocycles. The molecule has 2 fully saturated rings. The summed E-state index contributed by atoms with van der Waals surface area (Å²) < 4.78 is 0. The Hall–Kier alpha value is 1.25. The Morgan fingerprint density at radius 3 is 1.82 bits per heavy atom. The Morgan fingerprint density at radius 2 is 1.55 bits per heavy atom. The molecule has 2 heteroatoms. The Labute approximate surface area is 96.4 Å². The number of rotatable bonds is 0. The quantitative estimate of drug-likeness (QED) is 0.389. The van der Waals surface area contributed by atoms with Crippen molar-refractivity contribution in [3.05, 3.63) is 5.92 Å². The van der Waals surface area contributed by atoms with Crippen LogP contribution < -0.4 is 17.0 Å². The summed E-state index contributed by atoms with van der Waals surface area (Å²) in [6.45, 7) is 2.34. The van der Waals surface area contributed by atoms with Crippen LogP contribution in [0.25, 0.3) is 0 Å². The molecule has 0 aromatic rings. The van der Waals surface area contributed by atoms with Gasteiger partial charge in [0.15, 0.2) is 0 Å². The summed E-state index contributed by atoms with van der Waals surface area (Å²) >= 11 is 0. The smallest absolute Gasteiger partial charge is 1.00 e. The third-order valence-corrected chi connectivity index (χ3v) is 3.19. The number of halogens is 1. The first kappa shape index (κ1) is 12.2. The van der Waals surface area contributed by atoms with Gasteiger partial charge in [0.05, 0.1) is 0 Å². The molecule has 0 amide bonds. The molecule has 0 saturated heterocycles. The second-order valence-electron chi connectivity index (χ2n) is 3.80. The minimum absolute atomic E-state index is 0. The molecule has 0 atom stereocenters. The van der Waals surface area contributed by atoms with Crippen LogP contribution in [0.15, 0.2) is 0 Å². The molecule has 0 aromatic heterocycles. The molecular formula is C9H15BrMg. The molecule has 60 valence electrons. The van der Waals surface area contributed by atoms with Crippen LogP contribution in [0.5, 0.6) is 0 Å². The van der Waals surface area contributed by atoms with Gasteiger partial charge in [0, 0.05) is 0 Å². The van der Waals surface area contributed by atoms with E-state index < -0.39 is 0 Å². The fourth-order valence-electron chi connectivity index (χ4n) is 2.30. The molecule has 2 aliphatic carbocycles. The first-order chi connectivity index (χ1) is 4.33. The second-order valence-corrected chi connectivity index (χ2v) is 3.80. The van der Waals surface area contributed by atoms with Crippen molar-refractivity contribution in [2.75, 3.05) is 0 Å². The summed E-state index contributed by atoms with van der Waals surface area (Å²) in [5.41, 5.74) is 0.804. The van der Waals surface area contributed by atoms with E-state index in [1.807, 2.05) is 0 Å². The van der Waals surface area contributed by atoms with E-state index >= 15 is 0 Å². The van der Waals surface area contributed by atoms with Crippen LogP contribution in [0.3, 0.4) is 0 Å². The Balaban J connectivity index is 0.000000500. The van der Waals surface area contributed by atoms with Crippen molar-refractivity contribution in [3.63, 3.8) is 0 Å². The molecular weight excluding hydrogens is 212 g/mol. The summed E-state index contributed by atoms with van der Waals surface area (Å²) in [5.74, 6) is 1.79. The van der Waals surface area contributed by atoms with E-state index in [-0.39, 0.29) is 40.0 Å². The van der Waals surface area contributed by atoms with Gasteiger partial charge in [-0.15, -0.1) is 0 Å². The first-order valence-electron chi connectivity index (χ1n) is 4.16. The van der Waals surface area contributed by atoms with Crippen molar-refractivity contribution in [2.24, 2.45) is 5.41 Å². The first-order valence-corrected chi connectivity index (χ1v) is 4.16. The molecule has 0 aromatic carbocycles. The van der Waals surface area contributed by atoms with Crippen LogP contribution in [0.1, 0.15) is 45.4 Å². The summed E-state index contributed by atoms with van der Waals surface area (Å²) in [6, 6.07) is 0. The van der Waals surface area contributed by atoms with Gasteiger partial charge in [-0.1, -0.05) is 32.1 Å². The van der Waals surface area contributed by atoms with E-state index in [9.17, 15) is 0 Å². The third kappa shape index (κ3) is 2.35. The van der Waals surface area contributed by atoms with Crippen LogP contribution in [-0.4, -0.2) is 23.1 Å². The summed E-state index contributed by atoms with van der Waals surface area (Å²) in [6.07, 6.45) is 8.98. The number of hydrogen-bond acceptors (Lipinski definition) is 0. The van der Waals surface area contributed by atoms with Gasteiger partial charge in [-0.05, 0) is 0 Å². The normalized spacial score (nSPS) is 27.0. The molecule has 0 heterocycles. The summed E-state index contributed by atoms with van der Waals surface area (Å²) in [5, 5.41) is 0. The minimum Gasteiger partial charge on any atom is -1.00 e. The van der Waals surface area contributed by atoms with Gasteiger partial charge < -0.3 is 22.9 Å². The van der Waals surface area contributed by atoms with Gasteiger partial charge in [-0.25, -0.2) is 0 Å². The van der Waals surface area contributed by atoms with E-state index in [4.69, 9.17) is 0 Å². The molecule has 11 heavy (non-hydrogen) atoms. The zero-order valence-corrected chi connectivity index (χ0v) is 10.3. The minimum atomic E-state index is 0. The molecule has 1 spiro atoms. The maximum atomic E-state index is 2.34. The molecule has 0 N–H and O–H groups in total. The van der Waals surface area contributed by atoms with Gasteiger partial charge in [-0.2, -0.15) is 18.8 Å². The molecule has 0 nitrogen and oxygen atoms in total. The maximum absolute atomic E-state index is 2.34. The van der Waals surface area contributed by atoms with E-state index in [0.29, 0.717) is 0 Å². The fraction of sp³-hybridized carbons (Fsp3) is 0.889. The van der Waals surface area contributed by atoms with Gasteiger partial charge in [0.25, 0.3) is 0 Å². The van der Waals surface area contributed by atoms with E-state index in [1.165, 1.54) is 38.5 Å². The summed E-state index contributed by atoms with van der Waals surface area (Å²) in [4.78, 5) is 0. The number of hydrogen-bond donors (Lipinski definition) is 0. The van der Waals surface area contributed by atoms with Crippen LogP contribution in [0.4, 0.5) is 0 Å². The molecule has 0 radical (unpaired) electrons. The van der Waals surface area contributed by atoms with Crippen molar-refractivity contribution in [1.82, 2.24) is 0 Å². The van der Waals surface area contributed by atoms with Crippen LogP contribution in [0.2, 0.25) is 0 Å². The Bertz CT molecular complexity index is 119. The van der Waals surface area contributed by atoms with Crippen molar-refractivity contribution >= 4 is 23.1 Å². The zero-order valence-electron chi connectivity index (χ0n) is 7.33. The van der Waals surface area contributed by atoms with Crippen LogP contribution in [0, 0.1) is 11.3 Å². The Kier molecular flexibility index (Phi) is 4.98. The zero-order chi connectivity index (χ0) is 6.32. The van der Waals surface area contributed by atoms with E-state index in [2.05, 4.69) is 6.92 Å². The molecule has 0 unspecified atom stereocenters. The van der Waals surface area contributed by atoms with Crippen molar-refractivity contribution < 1.29 is 17.0 Å². The molecule has 2 rings (SSSR count). The molecule has 0 bridgehead atoms. The second kappa shape index (κ2) is 4.47. The fourth-order valence-corrected chi connectivity index (χ4v) is 2.30.